The summed E-state index contributed by atoms with van der Waals surface area (Å²) in [4.78, 5) is 22.3. The molecule has 1 saturated heterocycles. The van der Waals surface area contributed by atoms with Gasteiger partial charge in [0.2, 0.25) is 5.91 Å². The molecule has 1 amide bonds. The molecule has 0 spiro atoms. The number of hydrogen-bond donors (Lipinski definition) is 1. The highest BCUT2D eigenvalue weighted by Gasteiger charge is 2.22. The van der Waals surface area contributed by atoms with Gasteiger partial charge in [-0.3, -0.25) is 20.2 Å². The largest absolute Gasteiger partial charge is 0.464 e. The van der Waals surface area contributed by atoms with E-state index < -0.39 is 10.8 Å². The molecule has 0 saturated carbocycles. The van der Waals surface area contributed by atoms with Crippen LogP contribution >= 0.6 is 0 Å². The van der Waals surface area contributed by atoms with Gasteiger partial charge in [-0.2, -0.15) is 0 Å². The van der Waals surface area contributed by atoms with E-state index >= 15 is 0 Å². The number of nitrogens with one attached hydrogen (secondary N) is 1. The van der Waals surface area contributed by atoms with Crippen LogP contribution in [0.1, 0.15) is 36.7 Å². The molecule has 11 nitrogen and oxygen atoms in total. The van der Waals surface area contributed by atoms with Crippen molar-refractivity contribution in [3.63, 3.8) is 0 Å². The molecule has 4 heterocycles. The molecule has 29 heavy (non-hydrogen) atoms. The van der Waals surface area contributed by atoms with Gasteiger partial charge in [0.1, 0.15) is 16.4 Å². The van der Waals surface area contributed by atoms with Crippen LogP contribution in [-0.4, -0.2) is 33.7 Å². The van der Waals surface area contributed by atoms with Gasteiger partial charge in [0.05, 0.1) is 30.4 Å². The number of nitrogens with zero attached hydrogens (tertiary/aromatic N) is 3. The minimum atomic E-state index is -0.641. The van der Waals surface area contributed by atoms with Crippen molar-refractivity contribution >= 4 is 29.5 Å². The Morgan fingerprint density at radius 3 is 2.90 bits per heavy atom. The Morgan fingerprint density at radius 1 is 1.31 bits per heavy atom. The quantitative estimate of drug-likeness (QED) is 0.466. The first-order chi connectivity index (χ1) is 14.1. The van der Waals surface area contributed by atoms with Crippen molar-refractivity contribution in [2.45, 2.75) is 25.4 Å². The van der Waals surface area contributed by atoms with Crippen LogP contribution in [-0.2, 0) is 9.53 Å². The number of furan rings is 2. The molecule has 11 heteroatoms. The van der Waals surface area contributed by atoms with Gasteiger partial charge in [-0.15, -0.1) is 5.10 Å². The third-order valence-corrected chi connectivity index (χ3v) is 4.20. The second-order valence-electron chi connectivity index (χ2n) is 6.27. The van der Waals surface area contributed by atoms with Gasteiger partial charge in [0.15, 0.2) is 0 Å². The first-order valence-corrected chi connectivity index (χ1v) is 8.83. The van der Waals surface area contributed by atoms with Crippen molar-refractivity contribution < 1.29 is 27.7 Å². The average molecular weight is 400 g/mol. The molecule has 1 aliphatic rings. The Bertz CT molecular complexity index is 1030. The molecule has 1 aliphatic heterocycles. The molecule has 150 valence electrons. The number of amides is 1. The number of carbonyl (C=O) groups excluding carboxylic acids is 1. The molecule has 3 aromatic heterocycles. The van der Waals surface area contributed by atoms with Gasteiger partial charge in [-0.1, -0.05) is 5.10 Å². The van der Waals surface area contributed by atoms with Crippen molar-refractivity contribution in [1.29, 1.82) is 0 Å². The van der Waals surface area contributed by atoms with Gasteiger partial charge in [-0.05, 0) is 37.1 Å². The Kier molecular flexibility index (Phi) is 5.20. The van der Waals surface area contributed by atoms with Crippen LogP contribution in [0.3, 0.4) is 0 Å². The zero-order valence-electron chi connectivity index (χ0n) is 15.1. The van der Waals surface area contributed by atoms with Crippen molar-refractivity contribution in [1.82, 2.24) is 10.2 Å². The SMILES string of the molecule is O=C(CC1CCCO1)Nc1nnc(C(=Cc2ccc([N+](=O)[O-])o2)c2ccco2)o1. The van der Waals surface area contributed by atoms with Gasteiger partial charge in [0, 0.05) is 6.61 Å². The molecule has 1 fully saturated rings. The van der Waals surface area contributed by atoms with E-state index in [1.807, 2.05) is 0 Å². The van der Waals surface area contributed by atoms with E-state index in [-0.39, 0.29) is 36.1 Å². The molecular formula is C18H16N4O7. The molecule has 4 rings (SSSR count). The lowest BCUT2D eigenvalue weighted by molar-refractivity contribution is -0.402. The predicted molar refractivity (Wildman–Crippen MR) is 97.6 cm³/mol. The molecule has 3 aromatic rings. The fraction of sp³-hybridized carbons (Fsp3) is 0.278. The average Bonchev–Trinajstić information content (AvgIpc) is 3.46. The van der Waals surface area contributed by atoms with Crippen LogP contribution in [0.2, 0.25) is 0 Å². The lowest BCUT2D eigenvalue weighted by Gasteiger charge is -2.07. The summed E-state index contributed by atoms with van der Waals surface area (Å²) < 4.78 is 21.5. The Hall–Kier alpha value is -3.73. The summed E-state index contributed by atoms with van der Waals surface area (Å²) in [7, 11) is 0. The van der Waals surface area contributed by atoms with Gasteiger partial charge >= 0.3 is 11.9 Å². The van der Waals surface area contributed by atoms with Crippen molar-refractivity contribution in [3.8, 4) is 0 Å². The molecular weight excluding hydrogens is 384 g/mol. The minimum absolute atomic E-state index is 0.0476. The number of aromatic nitrogens is 2. The highest BCUT2D eigenvalue weighted by Crippen LogP contribution is 2.28. The topological polar surface area (TPSA) is 147 Å². The van der Waals surface area contributed by atoms with Crippen LogP contribution in [0.15, 0.2) is 43.8 Å². The second kappa shape index (κ2) is 8.10. The fourth-order valence-electron chi connectivity index (χ4n) is 2.90. The second-order valence-corrected chi connectivity index (χ2v) is 6.27. The maximum absolute atomic E-state index is 12.1. The highest BCUT2D eigenvalue weighted by molar-refractivity contribution is 5.89. The zero-order chi connectivity index (χ0) is 20.2. The van der Waals surface area contributed by atoms with Crippen molar-refractivity contribution in [3.05, 3.63) is 58.1 Å². The minimum Gasteiger partial charge on any atom is -0.464 e. The summed E-state index contributed by atoms with van der Waals surface area (Å²) in [5.74, 6) is -0.0680. The third-order valence-electron chi connectivity index (χ3n) is 4.20. The first-order valence-electron chi connectivity index (χ1n) is 8.83. The molecule has 1 atom stereocenters. The smallest absolute Gasteiger partial charge is 0.433 e. The van der Waals surface area contributed by atoms with E-state index in [2.05, 4.69) is 15.5 Å². The molecule has 0 aliphatic carbocycles. The Labute approximate surface area is 163 Å². The summed E-state index contributed by atoms with van der Waals surface area (Å²) in [6.45, 7) is 0.658. The Morgan fingerprint density at radius 2 is 2.21 bits per heavy atom. The monoisotopic (exact) mass is 400 g/mol. The van der Waals surface area contributed by atoms with E-state index in [1.165, 1.54) is 24.5 Å². The van der Waals surface area contributed by atoms with E-state index in [0.29, 0.717) is 17.9 Å². The predicted octanol–water partition coefficient (Wildman–Crippen LogP) is 3.26. The number of ether oxygens (including phenoxy) is 1. The van der Waals surface area contributed by atoms with Gasteiger partial charge in [-0.25, -0.2) is 0 Å². The summed E-state index contributed by atoms with van der Waals surface area (Å²) in [6.07, 6.45) is 4.79. The summed E-state index contributed by atoms with van der Waals surface area (Å²) in [6, 6.07) is 5.90. The lowest BCUT2D eigenvalue weighted by atomic mass is 10.1. The van der Waals surface area contributed by atoms with E-state index in [4.69, 9.17) is 18.0 Å². The number of anilines is 1. The van der Waals surface area contributed by atoms with Gasteiger partial charge in [0.25, 0.3) is 5.89 Å². The first kappa shape index (κ1) is 18.6. The van der Waals surface area contributed by atoms with Crippen LogP contribution < -0.4 is 5.32 Å². The summed E-state index contributed by atoms with van der Waals surface area (Å²) in [5, 5.41) is 21.1. The Balaban J connectivity index is 1.55. The summed E-state index contributed by atoms with van der Waals surface area (Å²) >= 11 is 0. The number of nitro groups is 1. The standard InChI is InChI=1S/C18H16N4O7/c23-15(10-11-3-1-7-26-11)19-18-21-20-17(29-18)13(14-4-2-8-27-14)9-12-5-6-16(28-12)22(24)25/h2,4-6,8-9,11H,1,3,7,10H2,(H,19,21,23). The van der Waals surface area contributed by atoms with Crippen LogP contribution in [0.25, 0.3) is 11.6 Å². The number of rotatable bonds is 7. The van der Waals surface area contributed by atoms with E-state index in [1.54, 1.807) is 12.1 Å². The molecule has 0 bridgehead atoms. The van der Waals surface area contributed by atoms with Crippen LogP contribution in [0.4, 0.5) is 11.9 Å². The number of hydrogen-bond acceptors (Lipinski definition) is 9. The molecule has 1 unspecified atom stereocenters. The number of carbonyl (C=O) groups is 1. The van der Waals surface area contributed by atoms with E-state index in [9.17, 15) is 14.9 Å². The molecule has 1 N–H and O–H groups in total. The highest BCUT2D eigenvalue weighted by atomic mass is 16.6. The fourth-order valence-corrected chi connectivity index (χ4v) is 2.90. The van der Waals surface area contributed by atoms with Crippen LogP contribution in [0.5, 0.6) is 0 Å². The van der Waals surface area contributed by atoms with Crippen molar-refractivity contribution in [2.75, 3.05) is 11.9 Å². The van der Waals surface area contributed by atoms with E-state index in [0.717, 1.165) is 12.8 Å². The third kappa shape index (κ3) is 4.41. The lowest BCUT2D eigenvalue weighted by Crippen LogP contribution is -2.19. The van der Waals surface area contributed by atoms with Gasteiger partial charge < -0.3 is 18.0 Å². The zero-order valence-corrected chi connectivity index (χ0v) is 15.1. The summed E-state index contributed by atoms with van der Waals surface area (Å²) in [5.41, 5.74) is 0.339. The normalized spacial score (nSPS) is 16.8. The van der Waals surface area contributed by atoms with Crippen LogP contribution in [0, 0.1) is 10.1 Å². The maximum atomic E-state index is 12.1. The van der Waals surface area contributed by atoms with Crippen molar-refractivity contribution in [2.24, 2.45) is 0 Å². The molecule has 0 radical (unpaired) electrons. The maximum Gasteiger partial charge on any atom is 0.433 e. The molecule has 0 aromatic carbocycles.